The van der Waals surface area contributed by atoms with Crippen LogP contribution in [0.3, 0.4) is 0 Å². The Hall–Kier alpha value is -5.23. The first-order chi connectivity index (χ1) is 19.7. The minimum absolute atomic E-state index is 0.243. The molecule has 6 heteroatoms. The zero-order valence-corrected chi connectivity index (χ0v) is 22.0. The van der Waals surface area contributed by atoms with Crippen molar-refractivity contribution in [2.45, 2.75) is 19.8 Å². The van der Waals surface area contributed by atoms with Gasteiger partial charge < -0.3 is 25.3 Å². The van der Waals surface area contributed by atoms with E-state index in [-0.39, 0.29) is 19.1 Å². The van der Waals surface area contributed by atoms with Gasteiger partial charge in [-0.25, -0.2) is 0 Å². The number of carbonyl (C=O) groups is 1. The zero-order chi connectivity index (χ0) is 27.6. The Kier molecular flexibility index (Phi) is 8.59. The smallest absolute Gasteiger partial charge is 0.259 e. The van der Waals surface area contributed by atoms with E-state index in [0.29, 0.717) is 40.8 Å². The fraction of sp³-hybridized carbons (Fsp3) is 0.0882. The maximum absolute atomic E-state index is 13.5. The molecule has 0 aliphatic heterocycles. The molecular formula is C34H30N2O4. The molecule has 0 bridgehead atoms. The maximum atomic E-state index is 13.5. The zero-order valence-electron chi connectivity index (χ0n) is 22.0. The van der Waals surface area contributed by atoms with Gasteiger partial charge in [-0.2, -0.15) is 0 Å². The minimum atomic E-state index is -0.341. The highest BCUT2D eigenvalue weighted by Gasteiger charge is 2.23. The van der Waals surface area contributed by atoms with Crippen molar-refractivity contribution in [2.75, 3.05) is 11.1 Å². The fourth-order valence-corrected chi connectivity index (χ4v) is 4.08. The average molecular weight is 531 g/mol. The lowest BCUT2D eigenvalue weighted by Gasteiger charge is -2.20. The lowest BCUT2D eigenvalue weighted by atomic mass is 10.1. The predicted octanol–water partition coefficient (Wildman–Crippen LogP) is 7.26. The second-order valence-corrected chi connectivity index (χ2v) is 9.17. The number of nitrogen functional groups attached to an aromatic ring is 1. The van der Waals surface area contributed by atoms with E-state index in [4.69, 9.17) is 19.9 Å². The number of ether oxygens (including phenoxy) is 3. The lowest BCUT2D eigenvalue weighted by Crippen LogP contribution is -2.15. The van der Waals surface area contributed by atoms with Gasteiger partial charge in [-0.15, -0.1) is 0 Å². The molecule has 5 rings (SSSR count). The highest BCUT2D eigenvalue weighted by atomic mass is 16.5. The summed E-state index contributed by atoms with van der Waals surface area (Å²) in [6.45, 7) is 0.845. The van der Waals surface area contributed by atoms with Crippen LogP contribution in [-0.4, -0.2) is 5.91 Å². The molecule has 5 aromatic carbocycles. The average Bonchev–Trinajstić information content (AvgIpc) is 3.00. The molecular weight excluding hydrogens is 500 g/mol. The second kappa shape index (κ2) is 13.0. The molecule has 5 aromatic rings. The van der Waals surface area contributed by atoms with Gasteiger partial charge in [0.15, 0.2) is 11.5 Å². The molecule has 0 saturated carbocycles. The number of carbonyl (C=O) groups excluding carboxylic acids is 1. The van der Waals surface area contributed by atoms with Crippen LogP contribution in [0.1, 0.15) is 27.0 Å². The lowest BCUT2D eigenvalue weighted by molar-refractivity contribution is 0.102. The van der Waals surface area contributed by atoms with Crippen LogP contribution in [0.25, 0.3) is 0 Å². The van der Waals surface area contributed by atoms with Gasteiger partial charge in [-0.05, 0) is 53.1 Å². The predicted molar refractivity (Wildman–Crippen MR) is 158 cm³/mol. The molecule has 200 valence electrons. The number of hydrogen-bond acceptors (Lipinski definition) is 5. The van der Waals surface area contributed by atoms with Crippen LogP contribution in [0, 0.1) is 0 Å². The van der Waals surface area contributed by atoms with Gasteiger partial charge in [0.1, 0.15) is 19.8 Å². The summed E-state index contributed by atoms with van der Waals surface area (Å²) in [7, 11) is 0. The summed E-state index contributed by atoms with van der Waals surface area (Å²) in [5.41, 5.74) is 10.3. The number of benzene rings is 5. The van der Waals surface area contributed by atoms with E-state index in [1.54, 1.807) is 36.4 Å². The van der Waals surface area contributed by atoms with Crippen molar-refractivity contribution in [2.24, 2.45) is 0 Å². The van der Waals surface area contributed by atoms with Gasteiger partial charge in [0.25, 0.3) is 5.91 Å². The summed E-state index contributed by atoms with van der Waals surface area (Å²) in [6.07, 6.45) is 0. The summed E-state index contributed by atoms with van der Waals surface area (Å²) in [4.78, 5) is 13.5. The van der Waals surface area contributed by atoms with E-state index in [9.17, 15) is 4.79 Å². The molecule has 0 fully saturated rings. The number of nitrogens with two attached hydrogens (primary N) is 1. The van der Waals surface area contributed by atoms with Crippen LogP contribution in [0.5, 0.6) is 17.2 Å². The summed E-state index contributed by atoms with van der Waals surface area (Å²) < 4.78 is 18.9. The van der Waals surface area contributed by atoms with Gasteiger partial charge in [-0.1, -0.05) is 91.0 Å². The van der Waals surface area contributed by atoms with Gasteiger partial charge in [-0.3, -0.25) is 4.79 Å². The Morgan fingerprint density at radius 2 is 1.02 bits per heavy atom. The van der Waals surface area contributed by atoms with Crippen molar-refractivity contribution in [3.8, 4) is 17.2 Å². The van der Waals surface area contributed by atoms with E-state index < -0.39 is 0 Å². The van der Waals surface area contributed by atoms with Crippen LogP contribution in [0.15, 0.2) is 127 Å². The molecule has 0 saturated heterocycles. The van der Waals surface area contributed by atoms with Crippen LogP contribution in [0.4, 0.5) is 11.4 Å². The van der Waals surface area contributed by atoms with Gasteiger partial charge in [0, 0.05) is 11.4 Å². The molecule has 1 amide bonds. The highest BCUT2D eigenvalue weighted by molar-refractivity contribution is 6.07. The quantitative estimate of drug-likeness (QED) is 0.176. The summed E-state index contributed by atoms with van der Waals surface area (Å²) in [5.74, 6) is 0.804. The third kappa shape index (κ3) is 6.99. The Bertz CT molecular complexity index is 1520. The van der Waals surface area contributed by atoms with Crippen molar-refractivity contribution < 1.29 is 19.0 Å². The number of anilines is 2. The molecule has 0 unspecified atom stereocenters. The van der Waals surface area contributed by atoms with Crippen LogP contribution in [-0.2, 0) is 19.8 Å². The van der Waals surface area contributed by atoms with Crippen molar-refractivity contribution >= 4 is 17.3 Å². The topological polar surface area (TPSA) is 82.8 Å². The van der Waals surface area contributed by atoms with Crippen molar-refractivity contribution in [3.63, 3.8) is 0 Å². The van der Waals surface area contributed by atoms with Crippen LogP contribution in [0.2, 0.25) is 0 Å². The molecule has 0 aliphatic rings. The van der Waals surface area contributed by atoms with Gasteiger partial charge in [0.2, 0.25) is 5.75 Å². The van der Waals surface area contributed by atoms with Crippen LogP contribution < -0.4 is 25.3 Å². The minimum Gasteiger partial charge on any atom is -0.485 e. The number of rotatable bonds is 11. The van der Waals surface area contributed by atoms with E-state index in [0.717, 1.165) is 16.7 Å². The maximum Gasteiger partial charge on any atom is 0.259 e. The molecule has 6 nitrogen and oxygen atoms in total. The first-order valence-electron chi connectivity index (χ1n) is 13.0. The van der Waals surface area contributed by atoms with E-state index in [1.165, 1.54) is 0 Å². The molecule has 0 aliphatic carbocycles. The molecule has 0 heterocycles. The molecule has 0 atom stereocenters. The molecule has 0 radical (unpaired) electrons. The molecule has 3 N–H and O–H groups in total. The standard InChI is InChI=1S/C34H30N2O4/c35-28-16-18-29(19-17-28)36-34(37)30-20-21-31(38-22-25-10-4-1-5-11-25)33(40-24-27-14-8-3-9-15-27)32(30)39-23-26-12-6-2-7-13-26/h1-21H,22-24,35H2,(H,36,37). The van der Waals surface area contributed by atoms with E-state index in [2.05, 4.69) is 5.32 Å². The van der Waals surface area contributed by atoms with Gasteiger partial charge in [0.05, 0.1) is 5.56 Å². The third-order valence-corrected chi connectivity index (χ3v) is 6.18. The first kappa shape index (κ1) is 26.4. The molecule has 40 heavy (non-hydrogen) atoms. The monoisotopic (exact) mass is 530 g/mol. The van der Waals surface area contributed by atoms with Gasteiger partial charge >= 0.3 is 0 Å². The first-order valence-corrected chi connectivity index (χ1v) is 13.0. The van der Waals surface area contributed by atoms with Crippen molar-refractivity contribution in [3.05, 3.63) is 150 Å². The fourth-order valence-electron chi connectivity index (χ4n) is 4.08. The third-order valence-electron chi connectivity index (χ3n) is 6.18. The largest absolute Gasteiger partial charge is 0.485 e. The highest BCUT2D eigenvalue weighted by Crippen LogP contribution is 2.42. The molecule has 0 spiro atoms. The summed E-state index contributed by atoms with van der Waals surface area (Å²) >= 11 is 0. The van der Waals surface area contributed by atoms with E-state index >= 15 is 0 Å². The Balaban J connectivity index is 1.51. The Labute approximate surface area is 234 Å². The second-order valence-electron chi connectivity index (χ2n) is 9.17. The van der Waals surface area contributed by atoms with Crippen LogP contribution >= 0.6 is 0 Å². The SMILES string of the molecule is Nc1ccc(NC(=O)c2ccc(OCc3ccccc3)c(OCc3ccccc3)c2OCc2ccccc2)cc1. The number of amides is 1. The van der Waals surface area contributed by atoms with Crippen molar-refractivity contribution in [1.29, 1.82) is 0 Å². The van der Waals surface area contributed by atoms with E-state index in [1.807, 2.05) is 91.0 Å². The number of hydrogen-bond donors (Lipinski definition) is 2. The number of nitrogens with one attached hydrogen (secondary N) is 1. The molecule has 0 aromatic heterocycles. The summed E-state index contributed by atoms with van der Waals surface area (Å²) in [6, 6.07) is 39.9. The van der Waals surface area contributed by atoms with Crippen molar-refractivity contribution in [1.82, 2.24) is 0 Å². The Morgan fingerprint density at radius 3 is 1.55 bits per heavy atom. The summed E-state index contributed by atoms with van der Waals surface area (Å²) in [5, 5.41) is 2.93. The normalized spacial score (nSPS) is 10.5. The Morgan fingerprint density at radius 1 is 0.550 bits per heavy atom.